The maximum absolute atomic E-state index is 13.2. The Kier molecular flexibility index (Phi) is 5.67. The largest absolute Gasteiger partial charge is 0.456 e. The van der Waals surface area contributed by atoms with Gasteiger partial charge in [0.15, 0.2) is 24.0 Å². The Balaban J connectivity index is 1.73. The van der Waals surface area contributed by atoms with Gasteiger partial charge < -0.3 is 4.74 Å². The number of benzene rings is 2. The third kappa shape index (κ3) is 3.85. The number of para-hydroxylation sites is 2. The summed E-state index contributed by atoms with van der Waals surface area (Å²) >= 11 is 0. The number of aromatic nitrogens is 2. The number of carbonyl (C=O) groups is 2. The smallest absolute Gasteiger partial charge is 0.329 e. The first-order chi connectivity index (χ1) is 13.4. The number of nitrogens with zero attached hydrogens (tertiary/aromatic N) is 2. The van der Waals surface area contributed by atoms with Crippen molar-refractivity contribution < 1.29 is 23.1 Å². The zero-order valence-electron chi connectivity index (χ0n) is 15.2. The molecule has 0 aliphatic rings. The highest BCUT2D eigenvalue weighted by Crippen LogP contribution is 2.14. The van der Waals surface area contributed by atoms with E-state index in [1.54, 1.807) is 28.8 Å². The second-order valence-electron chi connectivity index (χ2n) is 6.22. The SMILES string of the molecule is CCCn1c(=O)n(CC(=O)OCC(=O)c2ccc(F)c(F)c2)c2ccccc21. The molecule has 0 N–H and O–H groups in total. The quantitative estimate of drug-likeness (QED) is 0.461. The molecule has 1 heterocycles. The van der Waals surface area contributed by atoms with Gasteiger partial charge in [0, 0.05) is 12.1 Å². The number of hydrogen-bond donors (Lipinski definition) is 0. The molecule has 3 rings (SSSR count). The average molecular weight is 388 g/mol. The van der Waals surface area contributed by atoms with Gasteiger partial charge in [0.1, 0.15) is 6.54 Å². The first-order valence-corrected chi connectivity index (χ1v) is 8.74. The molecule has 8 heteroatoms. The molecule has 0 bridgehead atoms. The number of aryl methyl sites for hydroxylation is 1. The van der Waals surface area contributed by atoms with Crippen molar-refractivity contribution in [2.45, 2.75) is 26.4 Å². The number of halogens is 2. The lowest BCUT2D eigenvalue weighted by molar-refractivity contribution is -0.143. The molecule has 0 aliphatic heterocycles. The van der Waals surface area contributed by atoms with Gasteiger partial charge in [-0.05, 0) is 36.8 Å². The summed E-state index contributed by atoms with van der Waals surface area (Å²) in [7, 11) is 0. The van der Waals surface area contributed by atoms with Gasteiger partial charge >= 0.3 is 11.7 Å². The number of Topliss-reactive ketones (excluding diaryl/α,β-unsaturated/α-hetero) is 1. The summed E-state index contributed by atoms with van der Waals surface area (Å²) in [6.07, 6.45) is 0.751. The van der Waals surface area contributed by atoms with E-state index in [1.165, 1.54) is 4.57 Å². The molecule has 0 spiro atoms. The average Bonchev–Trinajstić information content (AvgIpc) is 2.94. The summed E-state index contributed by atoms with van der Waals surface area (Å²) in [6, 6.07) is 9.76. The van der Waals surface area contributed by atoms with Crippen LogP contribution < -0.4 is 5.69 Å². The minimum absolute atomic E-state index is 0.108. The molecule has 0 saturated heterocycles. The molecular weight excluding hydrogens is 370 g/mol. The Hall–Kier alpha value is -3.29. The molecule has 6 nitrogen and oxygen atoms in total. The maximum atomic E-state index is 13.2. The Morgan fingerprint density at radius 2 is 1.68 bits per heavy atom. The van der Waals surface area contributed by atoms with E-state index in [2.05, 4.69) is 0 Å². The first kappa shape index (κ1) is 19.5. The number of ether oxygens (including phenoxy) is 1. The van der Waals surface area contributed by atoms with Crippen LogP contribution in [0.25, 0.3) is 11.0 Å². The highest BCUT2D eigenvalue weighted by Gasteiger charge is 2.17. The number of ketones is 1. The number of esters is 1. The maximum Gasteiger partial charge on any atom is 0.329 e. The van der Waals surface area contributed by atoms with E-state index in [9.17, 15) is 23.2 Å². The zero-order chi connectivity index (χ0) is 20.3. The molecule has 0 unspecified atom stereocenters. The Morgan fingerprint density at radius 3 is 2.32 bits per heavy atom. The summed E-state index contributed by atoms with van der Waals surface area (Å²) in [4.78, 5) is 36.8. The molecular formula is C20H18F2N2O4. The molecule has 1 aromatic heterocycles. The molecule has 0 atom stereocenters. The van der Waals surface area contributed by atoms with Crippen molar-refractivity contribution in [3.8, 4) is 0 Å². The molecule has 2 aromatic carbocycles. The topological polar surface area (TPSA) is 70.3 Å². The van der Waals surface area contributed by atoms with Gasteiger partial charge in [-0.1, -0.05) is 19.1 Å². The number of imidazole rings is 1. The van der Waals surface area contributed by atoms with Gasteiger partial charge in [0.05, 0.1) is 11.0 Å². The summed E-state index contributed by atoms with van der Waals surface area (Å²) < 4.78 is 33.9. The monoisotopic (exact) mass is 388 g/mol. The van der Waals surface area contributed by atoms with Crippen molar-refractivity contribution in [3.63, 3.8) is 0 Å². The van der Waals surface area contributed by atoms with E-state index in [4.69, 9.17) is 4.74 Å². The Labute approximate surface area is 159 Å². The molecule has 0 radical (unpaired) electrons. The summed E-state index contributed by atoms with van der Waals surface area (Å²) in [5, 5.41) is 0. The highest BCUT2D eigenvalue weighted by atomic mass is 19.2. The molecule has 0 saturated carbocycles. The van der Waals surface area contributed by atoms with Crippen LogP contribution in [0.4, 0.5) is 8.78 Å². The molecule has 3 aromatic rings. The number of fused-ring (bicyclic) bond motifs is 1. The van der Waals surface area contributed by atoms with Gasteiger partial charge in [-0.2, -0.15) is 0 Å². The minimum atomic E-state index is -1.16. The van der Waals surface area contributed by atoms with E-state index >= 15 is 0 Å². The second kappa shape index (κ2) is 8.16. The van der Waals surface area contributed by atoms with Gasteiger partial charge in [0.2, 0.25) is 0 Å². The van der Waals surface area contributed by atoms with Gasteiger partial charge in [-0.25, -0.2) is 13.6 Å². The molecule has 28 heavy (non-hydrogen) atoms. The van der Waals surface area contributed by atoms with Crippen molar-refractivity contribution in [2.24, 2.45) is 0 Å². The van der Waals surface area contributed by atoms with Crippen molar-refractivity contribution in [1.82, 2.24) is 9.13 Å². The molecule has 0 fully saturated rings. The van der Waals surface area contributed by atoms with Crippen molar-refractivity contribution in [1.29, 1.82) is 0 Å². The fourth-order valence-corrected chi connectivity index (χ4v) is 2.94. The predicted octanol–water partition coefficient (Wildman–Crippen LogP) is 2.92. The highest BCUT2D eigenvalue weighted by molar-refractivity contribution is 5.98. The zero-order valence-corrected chi connectivity index (χ0v) is 15.2. The first-order valence-electron chi connectivity index (χ1n) is 8.74. The normalized spacial score (nSPS) is 11.0. The Morgan fingerprint density at radius 1 is 1.00 bits per heavy atom. The van der Waals surface area contributed by atoms with Gasteiger partial charge in [0.25, 0.3) is 0 Å². The van der Waals surface area contributed by atoms with Crippen molar-refractivity contribution >= 4 is 22.8 Å². The molecule has 0 aliphatic carbocycles. The van der Waals surface area contributed by atoms with Crippen LogP contribution in [-0.2, 0) is 22.6 Å². The van der Waals surface area contributed by atoms with E-state index < -0.39 is 30.0 Å². The van der Waals surface area contributed by atoms with Crippen LogP contribution in [0.1, 0.15) is 23.7 Å². The van der Waals surface area contributed by atoms with Crippen LogP contribution in [0.2, 0.25) is 0 Å². The van der Waals surface area contributed by atoms with E-state index in [0.717, 1.165) is 24.6 Å². The van der Waals surface area contributed by atoms with Gasteiger partial charge in [-0.15, -0.1) is 0 Å². The molecule has 146 valence electrons. The summed E-state index contributed by atoms with van der Waals surface area (Å²) in [5.41, 5.74) is 0.847. The third-order valence-corrected chi connectivity index (χ3v) is 4.27. The minimum Gasteiger partial charge on any atom is -0.456 e. The lowest BCUT2D eigenvalue weighted by Crippen LogP contribution is -2.28. The van der Waals surface area contributed by atoms with E-state index in [1.807, 2.05) is 6.92 Å². The lowest BCUT2D eigenvalue weighted by Gasteiger charge is -2.06. The molecule has 0 amide bonds. The number of hydrogen-bond acceptors (Lipinski definition) is 4. The standard InChI is InChI=1S/C20H18F2N2O4/c1-2-9-23-16-5-3-4-6-17(16)24(20(23)27)11-19(26)28-12-18(25)13-7-8-14(21)15(22)10-13/h3-8,10H,2,9,11-12H2,1H3. The fraction of sp³-hybridized carbons (Fsp3) is 0.250. The van der Waals surface area contributed by atoms with E-state index in [0.29, 0.717) is 17.6 Å². The Bertz CT molecular complexity index is 1100. The van der Waals surface area contributed by atoms with Crippen LogP contribution in [0.5, 0.6) is 0 Å². The summed E-state index contributed by atoms with van der Waals surface area (Å²) in [6.45, 7) is 1.46. The third-order valence-electron chi connectivity index (χ3n) is 4.27. The lowest BCUT2D eigenvalue weighted by atomic mass is 10.1. The number of rotatable bonds is 7. The van der Waals surface area contributed by atoms with Crippen LogP contribution >= 0.6 is 0 Å². The van der Waals surface area contributed by atoms with Crippen molar-refractivity contribution in [2.75, 3.05) is 6.61 Å². The van der Waals surface area contributed by atoms with Crippen LogP contribution in [0, 0.1) is 11.6 Å². The van der Waals surface area contributed by atoms with Gasteiger partial charge in [-0.3, -0.25) is 18.7 Å². The van der Waals surface area contributed by atoms with Crippen LogP contribution in [0.15, 0.2) is 47.3 Å². The fourth-order valence-electron chi connectivity index (χ4n) is 2.94. The van der Waals surface area contributed by atoms with E-state index in [-0.39, 0.29) is 17.8 Å². The van der Waals surface area contributed by atoms with Crippen molar-refractivity contribution in [3.05, 3.63) is 70.1 Å². The summed E-state index contributed by atoms with van der Waals surface area (Å²) in [5.74, 6) is -3.69. The predicted molar refractivity (Wildman–Crippen MR) is 98.1 cm³/mol. The van der Waals surface area contributed by atoms with Crippen LogP contribution in [-0.4, -0.2) is 27.5 Å². The second-order valence-corrected chi connectivity index (χ2v) is 6.22. The number of carbonyl (C=O) groups excluding carboxylic acids is 2. The van der Waals surface area contributed by atoms with Crippen LogP contribution in [0.3, 0.4) is 0 Å².